The molecule has 1 saturated heterocycles. The second-order valence-electron chi connectivity index (χ2n) is 7.21. The quantitative estimate of drug-likeness (QED) is 0.596. The average Bonchev–Trinajstić information content (AvgIpc) is 3.42. The fourth-order valence-corrected chi connectivity index (χ4v) is 5.22. The number of carbonyl (C=O) groups is 1. The number of pyridine rings is 1. The number of amides is 1. The maximum atomic E-state index is 13.1. The monoisotopic (exact) mass is 487 g/mol. The molecule has 13 heteroatoms. The lowest BCUT2D eigenvalue weighted by molar-refractivity contribution is -0.137. The molecule has 0 saturated carbocycles. The Labute approximate surface area is 186 Å². The highest BCUT2D eigenvalue weighted by atomic mass is 35.5. The van der Waals surface area contributed by atoms with Gasteiger partial charge in [0.25, 0.3) is 5.91 Å². The number of nitrogens with one attached hydrogen (secondary N) is 1. The van der Waals surface area contributed by atoms with E-state index < -0.39 is 27.7 Å². The molecule has 0 spiro atoms. The Bertz CT molecular complexity index is 1290. The molecule has 4 rings (SSSR count). The predicted molar refractivity (Wildman–Crippen MR) is 109 cm³/mol. The van der Waals surface area contributed by atoms with Crippen molar-refractivity contribution in [3.05, 3.63) is 58.5 Å². The van der Waals surface area contributed by atoms with Crippen molar-refractivity contribution in [3.63, 3.8) is 0 Å². The standard InChI is InChI=1S/C19H17ClF3N5O3S/c20-15-9-13(19(21,22)23)11-28-16(25-26-17(15)28)10-24-18(29)12-4-3-5-14(8-12)32(30,31)27-6-1-2-7-27/h3-5,8-9,11H,1-2,6-7,10H2,(H,24,29). The molecule has 0 unspecified atom stereocenters. The molecular weight excluding hydrogens is 471 g/mol. The highest BCUT2D eigenvalue weighted by Gasteiger charge is 2.32. The van der Waals surface area contributed by atoms with Crippen molar-refractivity contribution < 1.29 is 26.4 Å². The number of benzene rings is 1. The summed E-state index contributed by atoms with van der Waals surface area (Å²) in [6, 6.07) is 6.33. The topological polar surface area (TPSA) is 96.7 Å². The largest absolute Gasteiger partial charge is 0.417 e. The number of hydrogen-bond donors (Lipinski definition) is 1. The summed E-state index contributed by atoms with van der Waals surface area (Å²) in [6.45, 7) is 0.614. The number of halogens is 4. The number of carbonyl (C=O) groups excluding carboxylic acids is 1. The second kappa shape index (κ2) is 8.34. The molecule has 1 aromatic carbocycles. The van der Waals surface area contributed by atoms with Crippen molar-refractivity contribution in [2.24, 2.45) is 0 Å². The van der Waals surface area contributed by atoms with Gasteiger partial charge >= 0.3 is 6.18 Å². The van der Waals surface area contributed by atoms with Gasteiger partial charge in [0.1, 0.15) is 0 Å². The van der Waals surface area contributed by atoms with E-state index in [1.54, 1.807) is 0 Å². The molecule has 0 bridgehead atoms. The van der Waals surface area contributed by atoms with Gasteiger partial charge < -0.3 is 5.32 Å². The zero-order chi connectivity index (χ0) is 23.1. The molecule has 2 aromatic heterocycles. The molecule has 1 fully saturated rings. The van der Waals surface area contributed by atoms with Crippen molar-refractivity contribution >= 4 is 33.2 Å². The Hall–Kier alpha value is -2.70. The van der Waals surface area contributed by atoms with E-state index in [-0.39, 0.29) is 33.5 Å². The lowest BCUT2D eigenvalue weighted by Gasteiger charge is -2.16. The van der Waals surface area contributed by atoms with Crippen LogP contribution in [0.3, 0.4) is 0 Å². The van der Waals surface area contributed by atoms with Gasteiger partial charge in [-0.2, -0.15) is 17.5 Å². The Morgan fingerprint density at radius 2 is 1.88 bits per heavy atom. The van der Waals surface area contributed by atoms with Crippen molar-refractivity contribution in [3.8, 4) is 0 Å². The number of sulfonamides is 1. The molecule has 3 aromatic rings. The van der Waals surface area contributed by atoms with Crippen LogP contribution in [-0.2, 0) is 22.7 Å². The fourth-order valence-electron chi connectivity index (χ4n) is 3.41. The van der Waals surface area contributed by atoms with Crippen LogP contribution in [0.4, 0.5) is 13.2 Å². The van der Waals surface area contributed by atoms with Gasteiger partial charge in [-0.15, -0.1) is 10.2 Å². The van der Waals surface area contributed by atoms with E-state index in [1.165, 1.54) is 28.6 Å². The summed E-state index contributed by atoms with van der Waals surface area (Å²) >= 11 is 5.88. The minimum Gasteiger partial charge on any atom is -0.345 e. The zero-order valence-electron chi connectivity index (χ0n) is 16.4. The molecule has 0 atom stereocenters. The van der Waals surface area contributed by atoms with Gasteiger partial charge in [0.15, 0.2) is 11.5 Å². The van der Waals surface area contributed by atoms with Crippen LogP contribution >= 0.6 is 11.6 Å². The van der Waals surface area contributed by atoms with Gasteiger partial charge in [-0.3, -0.25) is 9.20 Å². The summed E-state index contributed by atoms with van der Waals surface area (Å²) in [5, 5.41) is 9.85. The predicted octanol–water partition coefficient (Wildman–Crippen LogP) is 3.12. The minimum absolute atomic E-state index is 0.00146. The smallest absolute Gasteiger partial charge is 0.345 e. The highest BCUT2D eigenvalue weighted by molar-refractivity contribution is 7.89. The normalized spacial score (nSPS) is 15.4. The fraction of sp³-hybridized carbons (Fsp3) is 0.316. The van der Waals surface area contributed by atoms with Crippen molar-refractivity contribution in [2.45, 2.75) is 30.5 Å². The molecule has 3 heterocycles. The van der Waals surface area contributed by atoms with Gasteiger partial charge in [0.2, 0.25) is 10.0 Å². The molecule has 32 heavy (non-hydrogen) atoms. The van der Waals surface area contributed by atoms with Gasteiger partial charge in [0, 0.05) is 24.8 Å². The van der Waals surface area contributed by atoms with Crippen LogP contribution in [-0.4, -0.2) is 46.3 Å². The van der Waals surface area contributed by atoms with Gasteiger partial charge in [-0.25, -0.2) is 8.42 Å². The lowest BCUT2D eigenvalue weighted by Crippen LogP contribution is -2.28. The second-order valence-corrected chi connectivity index (χ2v) is 9.55. The summed E-state index contributed by atoms with van der Waals surface area (Å²) in [5.41, 5.74) is -0.877. The Morgan fingerprint density at radius 3 is 2.56 bits per heavy atom. The SMILES string of the molecule is O=C(NCc1nnc2c(Cl)cc(C(F)(F)F)cn12)c1cccc(S(=O)(=O)N2CCCC2)c1. The summed E-state index contributed by atoms with van der Waals surface area (Å²) in [6.07, 6.45) is -2.26. The first kappa shape index (κ1) is 22.5. The molecule has 1 aliphatic heterocycles. The highest BCUT2D eigenvalue weighted by Crippen LogP contribution is 2.32. The Morgan fingerprint density at radius 1 is 1.16 bits per heavy atom. The molecule has 8 nitrogen and oxygen atoms in total. The maximum absolute atomic E-state index is 13.1. The number of aromatic nitrogens is 3. The third-order valence-electron chi connectivity index (χ3n) is 5.06. The van der Waals surface area contributed by atoms with Gasteiger partial charge in [-0.1, -0.05) is 17.7 Å². The number of nitrogens with zero attached hydrogens (tertiary/aromatic N) is 4. The summed E-state index contributed by atoms with van der Waals surface area (Å²) in [7, 11) is -3.70. The first-order valence-electron chi connectivity index (χ1n) is 9.56. The molecule has 1 amide bonds. The van der Waals surface area contributed by atoms with Gasteiger partial charge in [0.05, 0.1) is 22.0 Å². The van der Waals surface area contributed by atoms with E-state index in [0.717, 1.165) is 29.5 Å². The summed E-state index contributed by atoms with van der Waals surface area (Å²) < 4.78 is 67.1. The molecule has 0 aliphatic carbocycles. The number of fused-ring (bicyclic) bond motifs is 1. The van der Waals surface area contributed by atoms with E-state index >= 15 is 0 Å². The van der Waals surface area contributed by atoms with Crippen LogP contribution in [0.15, 0.2) is 41.4 Å². The van der Waals surface area contributed by atoms with Crippen molar-refractivity contribution in [1.29, 1.82) is 0 Å². The summed E-state index contributed by atoms with van der Waals surface area (Å²) in [5.74, 6) is -0.583. The van der Waals surface area contributed by atoms with Crippen LogP contribution in [0.5, 0.6) is 0 Å². The molecule has 0 radical (unpaired) electrons. The Kier molecular flexibility index (Phi) is 5.86. The third kappa shape index (κ3) is 4.30. The van der Waals surface area contributed by atoms with Crippen LogP contribution in [0.2, 0.25) is 5.02 Å². The minimum atomic E-state index is -4.62. The number of rotatable bonds is 5. The molecule has 170 valence electrons. The lowest BCUT2D eigenvalue weighted by atomic mass is 10.2. The van der Waals surface area contributed by atoms with E-state index in [1.807, 2.05) is 0 Å². The van der Waals surface area contributed by atoms with E-state index in [2.05, 4.69) is 15.5 Å². The van der Waals surface area contributed by atoms with Crippen LogP contribution in [0.25, 0.3) is 5.65 Å². The zero-order valence-corrected chi connectivity index (χ0v) is 18.0. The van der Waals surface area contributed by atoms with Crippen LogP contribution in [0, 0.1) is 0 Å². The first-order valence-corrected chi connectivity index (χ1v) is 11.4. The average molecular weight is 488 g/mol. The summed E-state index contributed by atoms with van der Waals surface area (Å²) in [4.78, 5) is 12.6. The van der Waals surface area contributed by atoms with Crippen molar-refractivity contribution in [2.75, 3.05) is 13.1 Å². The van der Waals surface area contributed by atoms with Crippen molar-refractivity contribution in [1.82, 2.24) is 24.2 Å². The first-order chi connectivity index (χ1) is 15.1. The van der Waals surface area contributed by atoms with E-state index in [0.29, 0.717) is 13.1 Å². The van der Waals surface area contributed by atoms with E-state index in [9.17, 15) is 26.4 Å². The number of alkyl halides is 3. The third-order valence-corrected chi connectivity index (χ3v) is 7.24. The number of hydrogen-bond acceptors (Lipinski definition) is 5. The van der Waals surface area contributed by atoms with Crippen LogP contribution in [0.1, 0.15) is 34.6 Å². The maximum Gasteiger partial charge on any atom is 0.417 e. The molecule has 1 aliphatic rings. The molecular formula is C19H17ClF3N5O3S. The van der Waals surface area contributed by atoms with Crippen LogP contribution < -0.4 is 5.32 Å². The Balaban J connectivity index is 1.55. The van der Waals surface area contributed by atoms with E-state index in [4.69, 9.17) is 11.6 Å². The molecule has 1 N–H and O–H groups in total. The van der Waals surface area contributed by atoms with Gasteiger partial charge in [-0.05, 0) is 37.1 Å².